The average Bonchev–Trinajstić information content (AvgIpc) is 3.56. The second-order valence-electron chi connectivity index (χ2n) is 17.6. The van der Waals surface area contributed by atoms with Crippen LogP contribution in [0.2, 0.25) is 0 Å². The molecule has 0 bridgehead atoms. The van der Waals surface area contributed by atoms with Crippen molar-refractivity contribution in [3.05, 3.63) is 0 Å². The van der Waals surface area contributed by atoms with Crippen molar-refractivity contribution in [3.63, 3.8) is 0 Å². The van der Waals surface area contributed by atoms with Gasteiger partial charge in [-0.25, -0.2) is 0 Å². The van der Waals surface area contributed by atoms with Crippen LogP contribution in [0, 0.1) is 51.2 Å². The lowest BCUT2D eigenvalue weighted by molar-refractivity contribution is -0.303. The van der Waals surface area contributed by atoms with Crippen LogP contribution in [-0.2, 0) is 23.8 Å². The van der Waals surface area contributed by atoms with Gasteiger partial charge >= 0.3 is 5.97 Å². The molecule has 2 aliphatic heterocycles. The largest absolute Gasteiger partial charge is 0.432 e. The van der Waals surface area contributed by atoms with Gasteiger partial charge in [0, 0.05) is 18.3 Å². The van der Waals surface area contributed by atoms with Gasteiger partial charge in [-0.05, 0) is 99.7 Å². The van der Waals surface area contributed by atoms with E-state index in [1.807, 2.05) is 13.8 Å². The number of ketones is 1. The van der Waals surface area contributed by atoms with Gasteiger partial charge in [0.2, 0.25) is 6.29 Å². The molecular weight excluding hydrogens is 608 g/mol. The number of fused-ring (bicyclic) bond motifs is 5. The summed E-state index contributed by atoms with van der Waals surface area (Å²) in [5.41, 5.74) is -2.51. The summed E-state index contributed by atoms with van der Waals surface area (Å²) in [7, 11) is 0. The molecule has 6 aliphatic rings. The Balaban J connectivity index is 1.23. The summed E-state index contributed by atoms with van der Waals surface area (Å²) in [6, 6.07) is 0. The van der Waals surface area contributed by atoms with Gasteiger partial charge < -0.3 is 44.8 Å². The van der Waals surface area contributed by atoms with E-state index >= 15 is 0 Å². The van der Waals surface area contributed by atoms with Gasteiger partial charge in [0.15, 0.2) is 5.78 Å². The molecule has 6 rings (SSSR count). The third-order valence-electron chi connectivity index (χ3n) is 15.3. The normalized spacial score (nSPS) is 54.1. The highest BCUT2D eigenvalue weighted by Crippen LogP contribution is 2.75. The molecule has 2 heterocycles. The van der Waals surface area contributed by atoms with Gasteiger partial charge in [-0.15, -0.1) is 0 Å². The fourth-order valence-electron chi connectivity index (χ4n) is 12.1. The number of hydrogen-bond acceptors (Lipinski definition) is 11. The third kappa shape index (κ3) is 5.03. The smallest absolute Gasteiger partial charge is 0.317 e. The van der Waals surface area contributed by atoms with E-state index in [9.17, 15) is 40.2 Å². The zero-order valence-corrected chi connectivity index (χ0v) is 29.1. The maximum atomic E-state index is 14.1. The molecule has 47 heavy (non-hydrogen) atoms. The van der Waals surface area contributed by atoms with E-state index in [0.717, 1.165) is 32.1 Å². The Kier molecular flexibility index (Phi) is 8.86. The van der Waals surface area contributed by atoms with Gasteiger partial charge in [0.25, 0.3) is 0 Å². The number of hydrogen-bond donors (Lipinski definition) is 6. The Hall–Kier alpha value is -1.18. The Morgan fingerprint density at radius 1 is 0.830 bits per heavy atom. The summed E-state index contributed by atoms with van der Waals surface area (Å²) in [6.07, 6.45) is -4.47. The van der Waals surface area contributed by atoms with Crippen LogP contribution in [0.4, 0.5) is 0 Å². The van der Waals surface area contributed by atoms with Crippen molar-refractivity contribution < 1.29 is 54.4 Å². The zero-order valence-electron chi connectivity index (χ0n) is 29.1. The first-order valence-electron chi connectivity index (χ1n) is 17.9. The molecule has 0 amide bonds. The summed E-state index contributed by atoms with van der Waals surface area (Å²) >= 11 is 0. The molecule has 0 aromatic carbocycles. The zero-order chi connectivity index (χ0) is 34.6. The standard InChI is InChI=1S/C36H58O11/c1-17(14-21(38)29-32(2,3)47-29)18-10-12-34(5)19-8-9-23-35(6,20(19)11-13-33(18,34)4)24(39)15-25(40)36(23,7)31(44)46-30-28(43)27(42)26(41)22(16-37)45-30/h17-20,22-30,37,39-43H,8-16H2,1-7H3. The quantitative estimate of drug-likeness (QED) is 0.173. The lowest BCUT2D eigenvalue weighted by atomic mass is 9.37. The molecule has 268 valence electrons. The molecule has 17 unspecified atom stereocenters. The summed E-state index contributed by atoms with van der Waals surface area (Å²) in [5.74, 6) is -0.0363. The van der Waals surface area contributed by atoms with Crippen LogP contribution in [0.1, 0.15) is 99.8 Å². The third-order valence-corrected chi connectivity index (χ3v) is 15.3. The van der Waals surface area contributed by atoms with Crippen LogP contribution < -0.4 is 0 Å². The van der Waals surface area contributed by atoms with E-state index in [2.05, 4.69) is 27.7 Å². The van der Waals surface area contributed by atoms with Gasteiger partial charge in [-0.3, -0.25) is 9.59 Å². The van der Waals surface area contributed by atoms with Crippen molar-refractivity contribution in [3.8, 4) is 0 Å². The van der Waals surface area contributed by atoms with Crippen LogP contribution >= 0.6 is 0 Å². The maximum absolute atomic E-state index is 14.1. The van der Waals surface area contributed by atoms with E-state index < -0.39 is 72.2 Å². The number of epoxide rings is 1. The van der Waals surface area contributed by atoms with Crippen molar-refractivity contribution in [2.75, 3.05) is 6.61 Å². The Morgan fingerprint density at radius 2 is 1.47 bits per heavy atom. The predicted molar refractivity (Wildman–Crippen MR) is 168 cm³/mol. The van der Waals surface area contributed by atoms with Crippen molar-refractivity contribution in [1.82, 2.24) is 0 Å². The number of esters is 1. The number of ether oxygens (including phenoxy) is 3. The van der Waals surface area contributed by atoms with E-state index in [-0.39, 0.29) is 52.5 Å². The summed E-state index contributed by atoms with van der Waals surface area (Å²) < 4.78 is 16.8. The number of aliphatic hydroxyl groups excluding tert-OH is 6. The number of carbonyl (C=O) groups is 2. The topological polar surface area (TPSA) is 187 Å². The van der Waals surface area contributed by atoms with E-state index in [4.69, 9.17) is 14.2 Å². The molecule has 11 heteroatoms. The van der Waals surface area contributed by atoms with Crippen molar-refractivity contribution in [2.24, 2.45) is 51.2 Å². The van der Waals surface area contributed by atoms with Crippen LogP contribution in [0.15, 0.2) is 0 Å². The lowest BCUT2D eigenvalue weighted by Gasteiger charge is -2.68. The molecule has 0 radical (unpaired) electrons. The van der Waals surface area contributed by atoms with Crippen LogP contribution in [0.5, 0.6) is 0 Å². The summed E-state index contributed by atoms with van der Waals surface area (Å²) in [5, 5.41) is 63.9. The Bertz CT molecular complexity index is 1240. The van der Waals surface area contributed by atoms with Crippen molar-refractivity contribution in [2.45, 2.75) is 154 Å². The second kappa shape index (κ2) is 11.7. The Labute approximate surface area is 278 Å². The van der Waals surface area contributed by atoms with Gasteiger partial charge in [0.05, 0.1) is 29.8 Å². The first-order chi connectivity index (χ1) is 21.8. The lowest BCUT2D eigenvalue weighted by Crippen LogP contribution is -2.68. The Morgan fingerprint density at radius 3 is 2.09 bits per heavy atom. The van der Waals surface area contributed by atoms with Crippen molar-refractivity contribution >= 4 is 11.8 Å². The highest BCUT2D eigenvalue weighted by Gasteiger charge is 2.71. The van der Waals surface area contributed by atoms with E-state index in [0.29, 0.717) is 18.8 Å². The van der Waals surface area contributed by atoms with E-state index in [1.54, 1.807) is 6.92 Å². The number of aliphatic hydroxyl groups is 6. The summed E-state index contributed by atoms with van der Waals surface area (Å²) in [4.78, 5) is 27.2. The molecule has 4 aliphatic carbocycles. The number of Topliss-reactive ketones (excluding diaryl/α,β-unsaturated/α-hetero) is 1. The fraction of sp³-hybridized carbons (Fsp3) is 0.944. The number of rotatable bonds is 7. The fourth-order valence-corrected chi connectivity index (χ4v) is 12.1. The first-order valence-corrected chi connectivity index (χ1v) is 17.9. The molecule has 0 aromatic heterocycles. The minimum atomic E-state index is -1.75. The molecule has 0 spiro atoms. The highest BCUT2D eigenvalue weighted by atomic mass is 16.7. The minimum Gasteiger partial charge on any atom is -0.432 e. The molecule has 6 N–H and O–H groups in total. The molecule has 11 nitrogen and oxygen atoms in total. The first kappa shape index (κ1) is 35.6. The van der Waals surface area contributed by atoms with Gasteiger partial charge in [0.1, 0.15) is 30.5 Å². The average molecular weight is 667 g/mol. The minimum absolute atomic E-state index is 0.00810. The molecule has 2 saturated heterocycles. The molecule has 0 aromatic rings. The molecule has 17 atom stereocenters. The van der Waals surface area contributed by atoms with Crippen LogP contribution in [0.3, 0.4) is 0 Å². The number of carbonyl (C=O) groups excluding carboxylic acids is 2. The highest BCUT2D eigenvalue weighted by molar-refractivity contribution is 5.87. The SMILES string of the molecule is CC(CC(=O)C1OC1(C)C)C1CCC2(C)C3CCC4C(C)(C(=O)OC5OC(CO)C(O)C(O)C5O)C(O)CC(O)C4(C)C3CCC12C. The molecular formula is C36H58O11. The van der Waals surface area contributed by atoms with Gasteiger partial charge in [-0.1, -0.05) is 27.7 Å². The van der Waals surface area contributed by atoms with E-state index in [1.165, 1.54) is 0 Å². The van der Waals surface area contributed by atoms with Crippen molar-refractivity contribution in [1.29, 1.82) is 0 Å². The second-order valence-corrected chi connectivity index (χ2v) is 17.6. The summed E-state index contributed by atoms with van der Waals surface area (Å²) in [6.45, 7) is 14.1. The maximum Gasteiger partial charge on any atom is 0.317 e. The van der Waals surface area contributed by atoms with Gasteiger partial charge in [-0.2, -0.15) is 0 Å². The molecule has 6 fully saturated rings. The van der Waals surface area contributed by atoms with Crippen LogP contribution in [0.25, 0.3) is 0 Å². The van der Waals surface area contributed by atoms with Crippen LogP contribution in [-0.4, -0.2) is 104 Å². The molecule has 4 saturated carbocycles. The monoisotopic (exact) mass is 666 g/mol. The predicted octanol–water partition coefficient (Wildman–Crippen LogP) is 2.10.